The Hall–Kier alpha value is -8.47. The lowest BCUT2D eigenvalue weighted by atomic mass is 9.82. The molecule has 312 valence electrons. The highest BCUT2D eigenvalue weighted by Gasteiger charge is 2.38. The zero-order valence-corrected chi connectivity index (χ0v) is 36.7. The summed E-state index contributed by atoms with van der Waals surface area (Å²) >= 11 is 0. The largest absolute Gasteiger partial charge is 0.310 e. The number of rotatable bonds is 7. The molecule has 0 atom stereocenters. The van der Waals surface area contributed by atoms with Crippen LogP contribution in [-0.4, -0.2) is 14.1 Å². The molecule has 0 saturated heterocycles. The third-order valence-corrected chi connectivity index (χ3v) is 13.9. The molecular weight excluding hydrogens is 801 g/mol. The van der Waals surface area contributed by atoms with Gasteiger partial charge in [0.25, 0.3) is 0 Å². The van der Waals surface area contributed by atoms with Gasteiger partial charge in [0.1, 0.15) is 0 Å². The molecule has 4 heteroatoms. The SMILES string of the molecule is CC1(C)c2cc(N(c3ccccc3)c3ccccc3)ccc2-c2ncc(-n3c4ccccc4c4cc(-c5ccc6c(c5)c5ccccc5n6-c5ccc(-c6ccccc6)cc5)ccc43)cc21. The predicted octanol–water partition coefficient (Wildman–Crippen LogP) is 16.4. The van der Waals surface area contributed by atoms with Crippen LogP contribution < -0.4 is 4.90 Å². The number of para-hydroxylation sites is 4. The number of fused-ring (bicyclic) bond motifs is 9. The molecule has 4 nitrogen and oxygen atoms in total. The van der Waals surface area contributed by atoms with Gasteiger partial charge >= 0.3 is 0 Å². The van der Waals surface area contributed by atoms with Crippen molar-refractivity contribution in [3.8, 4) is 44.9 Å². The van der Waals surface area contributed by atoms with Crippen LogP contribution in [0, 0.1) is 0 Å². The molecule has 12 aromatic rings. The molecule has 1 aliphatic rings. The molecule has 0 radical (unpaired) electrons. The minimum atomic E-state index is -0.276. The first kappa shape index (κ1) is 38.0. The molecule has 66 heavy (non-hydrogen) atoms. The second-order valence-corrected chi connectivity index (χ2v) is 18.0. The fourth-order valence-corrected chi connectivity index (χ4v) is 10.7. The van der Waals surface area contributed by atoms with Gasteiger partial charge in [0.15, 0.2) is 0 Å². The van der Waals surface area contributed by atoms with Crippen LogP contribution in [0.1, 0.15) is 25.0 Å². The maximum atomic E-state index is 5.28. The normalized spacial score (nSPS) is 12.8. The van der Waals surface area contributed by atoms with E-state index in [1.807, 2.05) is 0 Å². The summed E-state index contributed by atoms with van der Waals surface area (Å²) < 4.78 is 4.80. The van der Waals surface area contributed by atoms with Gasteiger partial charge in [0, 0.05) is 55.3 Å². The van der Waals surface area contributed by atoms with E-state index in [1.54, 1.807) is 0 Å². The van der Waals surface area contributed by atoms with Crippen molar-refractivity contribution in [3.63, 3.8) is 0 Å². The molecule has 0 amide bonds. The molecule has 0 saturated carbocycles. The van der Waals surface area contributed by atoms with E-state index in [0.29, 0.717) is 0 Å². The van der Waals surface area contributed by atoms with Crippen LogP contribution in [0.5, 0.6) is 0 Å². The summed E-state index contributed by atoms with van der Waals surface area (Å²) in [4.78, 5) is 7.62. The predicted molar refractivity (Wildman–Crippen MR) is 276 cm³/mol. The molecular formula is C62H44N4. The van der Waals surface area contributed by atoms with Crippen molar-refractivity contribution in [1.82, 2.24) is 14.1 Å². The third-order valence-electron chi connectivity index (χ3n) is 13.9. The van der Waals surface area contributed by atoms with Gasteiger partial charge < -0.3 is 14.0 Å². The van der Waals surface area contributed by atoms with Gasteiger partial charge in [-0.3, -0.25) is 4.98 Å². The first-order valence-electron chi connectivity index (χ1n) is 22.8. The molecule has 0 fully saturated rings. The molecule has 0 aliphatic heterocycles. The lowest BCUT2D eigenvalue weighted by Crippen LogP contribution is -2.17. The highest BCUT2D eigenvalue weighted by molar-refractivity contribution is 6.12. The summed E-state index contributed by atoms with van der Waals surface area (Å²) in [5.41, 5.74) is 19.6. The van der Waals surface area contributed by atoms with Crippen LogP contribution in [0.25, 0.3) is 88.5 Å². The van der Waals surface area contributed by atoms with Crippen LogP contribution in [-0.2, 0) is 5.41 Å². The van der Waals surface area contributed by atoms with E-state index in [4.69, 9.17) is 4.98 Å². The van der Waals surface area contributed by atoms with E-state index in [1.165, 1.54) is 77.0 Å². The first-order valence-corrected chi connectivity index (χ1v) is 22.8. The zero-order chi connectivity index (χ0) is 43.9. The van der Waals surface area contributed by atoms with Crippen molar-refractivity contribution in [3.05, 3.63) is 242 Å². The number of aromatic nitrogens is 3. The highest BCUT2D eigenvalue weighted by Crippen LogP contribution is 2.51. The van der Waals surface area contributed by atoms with Gasteiger partial charge in [-0.15, -0.1) is 0 Å². The molecule has 3 heterocycles. The Labute approximate surface area is 383 Å². The minimum Gasteiger partial charge on any atom is -0.310 e. The standard InChI is InChI=1S/C62H44N4/c1-62(2)55-38-48(64(45-18-8-4-9-19-45)46-20-10-5-11-21-46)32-33-52(55)61-56(62)39-49(40-63-61)66-58-25-15-13-23-51(58)54-37-44(29-35-60(54)66)43-28-34-59-53(36-43)50-22-12-14-24-57(50)65(59)47-30-26-42(27-31-47)41-16-6-3-7-17-41/h3-40H,1-2H3. The van der Waals surface area contributed by atoms with Crippen LogP contribution in [0.3, 0.4) is 0 Å². The molecule has 0 N–H and O–H groups in total. The Morgan fingerprint density at radius 2 is 0.848 bits per heavy atom. The van der Waals surface area contributed by atoms with Crippen molar-refractivity contribution in [1.29, 1.82) is 0 Å². The van der Waals surface area contributed by atoms with Gasteiger partial charge in [0.2, 0.25) is 0 Å². The molecule has 9 aromatic carbocycles. The Morgan fingerprint density at radius 3 is 1.44 bits per heavy atom. The van der Waals surface area contributed by atoms with E-state index in [-0.39, 0.29) is 5.41 Å². The van der Waals surface area contributed by atoms with Gasteiger partial charge in [-0.2, -0.15) is 0 Å². The topological polar surface area (TPSA) is 26.0 Å². The maximum Gasteiger partial charge on any atom is 0.0747 e. The van der Waals surface area contributed by atoms with Crippen molar-refractivity contribution < 1.29 is 0 Å². The molecule has 0 bridgehead atoms. The van der Waals surface area contributed by atoms with Gasteiger partial charge in [0.05, 0.1) is 39.6 Å². The van der Waals surface area contributed by atoms with Gasteiger partial charge in [-0.25, -0.2) is 0 Å². The Bertz CT molecular complexity index is 3780. The van der Waals surface area contributed by atoms with E-state index in [2.05, 4.69) is 259 Å². The molecule has 3 aromatic heterocycles. The number of hydrogen-bond donors (Lipinski definition) is 0. The number of nitrogens with zero attached hydrogens (tertiary/aromatic N) is 4. The van der Waals surface area contributed by atoms with Gasteiger partial charge in [-0.1, -0.05) is 147 Å². The molecule has 1 aliphatic carbocycles. The maximum absolute atomic E-state index is 5.28. The Balaban J connectivity index is 0.888. The van der Waals surface area contributed by atoms with Crippen molar-refractivity contribution >= 4 is 60.7 Å². The van der Waals surface area contributed by atoms with Crippen LogP contribution >= 0.6 is 0 Å². The first-order chi connectivity index (χ1) is 32.5. The van der Waals surface area contributed by atoms with Crippen LogP contribution in [0.4, 0.5) is 17.1 Å². The molecule has 0 spiro atoms. The summed E-state index contributed by atoms with van der Waals surface area (Å²) in [5.74, 6) is 0. The number of pyridine rings is 1. The van der Waals surface area contributed by atoms with Gasteiger partial charge in [-0.05, 0) is 124 Å². The average Bonchev–Trinajstić information content (AvgIpc) is 3.97. The molecule has 0 unspecified atom stereocenters. The number of anilines is 3. The number of benzene rings is 9. The lowest BCUT2D eigenvalue weighted by Gasteiger charge is -2.28. The van der Waals surface area contributed by atoms with Crippen molar-refractivity contribution in [2.24, 2.45) is 0 Å². The summed E-state index contributed by atoms with van der Waals surface area (Å²) in [6.45, 7) is 4.69. The van der Waals surface area contributed by atoms with Crippen LogP contribution in [0.2, 0.25) is 0 Å². The fraction of sp³-hybridized carbons (Fsp3) is 0.0484. The smallest absolute Gasteiger partial charge is 0.0747 e. The molecule has 13 rings (SSSR count). The van der Waals surface area contributed by atoms with E-state index < -0.39 is 0 Å². The lowest BCUT2D eigenvalue weighted by molar-refractivity contribution is 0.658. The minimum absolute atomic E-state index is 0.276. The summed E-state index contributed by atoms with van der Waals surface area (Å²) in [6, 6.07) is 81.5. The average molecular weight is 845 g/mol. The van der Waals surface area contributed by atoms with E-state index >= 15 is 0 Å². The summed E-state index contributed by atoms with van der Waals surface area (Å²) in [7, 11) is 0. The third kappa shape index (κ3) is 5.88. The quantitative estimate of drug-likeness (QED) is 0.160. The number of hydrogen-bond acceptors (Lipinski definition) is 2. The van der Waals surface area contributed by atoms with Crippen molar-refractivity contribution in [2.75, 3.05) is 4.90 Å². The van der Waals surface area contributed by atoms with Crippen LogP contribution in [0.15, 0.2) is 231 Å². The summed E-state index contributed by atoms with van der Waals surface area (Å²) in [5, 5.41) is 4.93. The van der Waals surface area contributed by atoms with E-state index in [9.17, 15) is 0 Å². The second-order valence-electron chi connectivity index (χ2n) is 18.0. The fourth-order valence-electron chi connectivity index (χ4n) is 10.7. The summed E-state index contributed by atoms with van der Waals surface area (Å²) in [6.07, 6.45) is 2.07. The van der Waals surface area contributed by atoms with Crippen molar-refractivity contribution in [2.45, 2.75) is 19.3 Å². The monoisotopic (exact) mass is 844 g/mol. The zero-order valence-electron chi connectivity index (χ0n) is 36.7. The Morgan fingerprint density at radius 1 is 0.364 bits per heavy atom. The second kappa shape index (κ2) is 14.8. The highest BCUT2D eigenvalue weighted by atomic mass is 15.1. The van der Waals surface area contributed by atoms with E-state index in [0.717, 1.165) is 39.6 Å². The Kier molecular flexibility index (Phi) is 8.53.